The Morgan fingerprint density at radius 2 is 1.84 bits per heavy atom. The molecule has 0 fully saturated rings. The molecular weight excluding hydrogens is 368 g/mol. The summed E-state index contributed by atoms with van der Waals surface area (Å²) in [6.45, 7) is 2.47. The zero-order valence-electron chi connectivity index (χ0n) is 13.7. The topological polar surface area (TPSA) is 89.8 Å². The van der Waals surface area contributed by atoms with Gasteiger partial charge in [0.15, 0.2) is 4.90 Å². The summed E-state index contributed by atoms with van der Waals surface area (Å²) >= 11 is 5.74. The van der Waals surface area contributed by atoms with Crippen LogP contribution in [-0.2, 0) is 16.6 Å². The van der Waals surface area contributed by atoms with Gasteiger partial charge in [-0.15, -0.1) is 0 Å². The van der Waals surface area contributed by atoms with E-state index < -0.39 is 25.5 Å². The molecule has 7 nitrogen and oxygen atoms in total. The van der Waals surface area contributed by atoms with Crippen LogP contribution in [0.1, 0.15) is 12.5 Å². The maximum Gasteiger partial charge on any atom is 0.290 e. The van der Waals surface area contributed by atoms with Gasteiger partial charge in [0, 0.05) is 24.7 Å². The SMILES string of the molecule is CCOc1ccc(CN(C)S(=O)(=O)c2ccc(Cl)cc2[N+](=O)[O-])cc1. The van der Waals surface area contributed by atoms with Gasteiger partial charge in [-0.05, 0) is 36.8 Å². The fourth-order valence-electron chi connectivity index (χ4n) is 2.22. The first kappa shape index (κ1) is 19.2. The van der Waals surface area contributed by atoms with E-state index in [-0.39, 0.29) is 11.6 Å². The van der Waals surface area contributed by atoms with E-state index in [1.165, 1.54) is 13.1 Å². The fourth-order valence-corrected chi connectivity index (χ4v) is 3.68. The molecule has 0 N–H and O–H groups in total. The number of halogens is 1. The number of hydrogen-bond donors (Lipinski definition) is 0. The van der Waals surface area contributed by atoms with Crippen LogP contribution in [0.5, 0.6) is 5.75 Å². The van der Waals surface area contributed by atoms with Crippen LogP contribution < -0.4 is 4.74 Å². The van der Waals surface area contributed by atoms with Crippen LogP contribution in [0.15, 0.2) is 47.4 Å². The molecule has 0 heterocycles. The number of nitro groups is 1. The van der Waals surface area contributed by atoms with Crippen molar-refractivity contribution in [3.63, 3.8) is 0 Å². The molecule has 0 bridgehead atoms. The Labute approximate surface area is 151 Å². The minimum absolute atomic E-state index is 0.0640. The second kappa shape index (κ2) is 7.81. The van der Waals surface area contributed by atoms with E-state index >= 15 is 0 Å². The first-order valence-corrected chi connectivity index (χ1v) is 9.19. The minimum atomic E-state index is -4.05. The fraction of sp³-hybridized carbons (Fsp3) is 0.250. The third-order valence-corrected chi connectivity index (χ3v) is 5.53. The first-order valence-electron chi connectivity index (χ1n) is 7.37. The molecule has 0 radical (unpaired) electrons. The van der Waals surface area contributed by atoms with Crippen molar-refractivity contribution in [2.24, 2.45) is 0 Å². The smallest absolute Gasteiger partial charge is 0.290 e. The van der Waals surface area contributed by atoms with Gasteiger partial charge in [-0.3, -0.25) is 10.1 Å². The monoisotopic (exact) mass is 384 g/mol. The summed E-state index contributed by atoms with van der Waals surface area (Å²) in [5, 5.41) is 11.2. The molecule has 134 valence electrons. The third kappa shape index (κ3) is 4.47. The van der Waals surface area contributed by atoms with Crippen molar-refractivity contribution in [1.82, 2.24) is 4.31 Å². The number of nitrogens with zero attached hydrogens (tertiary/aromatic N) is 2. The molecule has 0 amide bonds. The molecular formula is C16H17ClN2O5S. The molecule has 9 heteroatoms. The number of benzene rings is 2. The Hall–Kier alpha value is -2.16. The van der Waals surface area contributed by atoms with Gasteiger partial charge in [0.2, 0.25) is 10.0 Å². The molecule has 0 aliphatic rings. The molecule has 25 heavy (non-hydrogen) atoms. The highest BCUT2D eigenvalue weighted by Gasteiger charge is 2.29. The van der Waals surface area contributed by atoms with E-state index in [9.17, 15) is 18.5 Å². The normalized spacial score (nSPS) is 11.5. The van der Waals surface area contributed by atoms with Gasteiger partial charge in [-0.25, -0.2) is 8.42 Å². The molecule has 0 saturated carbocycles. The van der Waals surface area contributed by atoms with Crippen molar-refractivity contribution in [3.05, 3.63) is 63.2 Å². The predicted octanol–water partition coefficient (Wildman–Crippen LogP) is 3.47. The highest BCUT2D eigenvalue weighted by molar-refractivity contribution is 7.89. The average molecular weight is 385 g/mol. The zero-order valence-corrected chi connectivity index (χ0v) is 15.2. The van der Waals surface area contributed by atoms with Crippen LogP contribution in [0.4, 0.5) is 5.69 Å². The van der Waals surface area contributed by atoms with Gasteiger partial charge in [0.1, 0.15) is 5.75 Å². The summed E-state index contributed by atoms with van der Waals surface area (Å²) < 4.78 is 31.8. The van der Waals surface area contributed by atoms with E-state index in [0.717, 1.165) is 22.0 Å². The molecule has 0 aliphatic heterocycles. The maximum atomic E-state index is 12.7. The molecule has 0 atom stereocenters. The van der Waals surface area contributed by atoms with Crippen LogP contribution in [-0.4, -0.2) is 31.3 Å². The van der Waals surface area contributed by atoms with Crippen LogP contribution in [0.3, 0.4) is 0 Å². The molecule has 2 aromatic carbocycles. The quantitative estimate of drug-likeness (QED) is 0.538. The molecule has 0 aliphatic carbocycles. The van der Waals surface area contributed by atoms with Gasteiger partial charge in [0.05, 0.1) is 11.5 Å². The second-order valence-corrected chi connectivity index (χ2v) is 7.66. The number of rotatable bonds is 7. The van der Waals surface area contributed by atoms with E-state index in [2.05, 4.69) is 0 Å². The van der Waals surface area contributed by atoms with E-state index in [1.807, 2.05) is 6.92 Å². The Morgan fingerprint density at radius 3 is 2.40 bits per heavy atom. The lowest BCUT2D eigenvalue weighted by molar-refractivity contribution is -0.387. The average Bonchev–Trinajstić information content (AvgIpc) is 2.56. The van der Waals surface area contributed by atoms with Crippen molar-refractivity contribution >= 4 is 27.3 Å². The van der Waals surface area contributed by atoms with Crippen LogP contribution >= 0.6 is 11.6 Å². The molecule has 0 unspecified atom stereocenters. The summed E-state index contributed by atoms with van der Waals surface area (Å²) in [5.41, 5.74) is 0.178. The van der Waals surface area contributed by atoms with Crippen molar-refractivity contribution in [1.29, 1.82) is 0 Å². The maximum absolute atomic E-state index is 12.7. The highest BCUT2D eigenvalue weighted by Crippen LogP contribution is 2.29. The number of nitro benzene ring substituents is 1. The summed E-state index contributed by atoms with van der Waals surface area (Å²) in [7, 11) is -2.68. The Balaban J connectivity index is 2.29. The largest absolute Gasteiger partial charge is 0.494 e. The van der Waals surface area contributed by atoms with Gasteiger partial charge in [-0.2, -0.15) is 4.31 Å². The molecule has 0 aromatic heterocycles. The lowest BCUT2D eigenvalue weighted by Crippen LogP contribution is -2.27. The lowest BCUT2D eigenvalue weighted by atomic mass is 10.2. The number of ether oxygens (including phenoxy) is 1. The Bertz CT molecular complexity index is 869. The minimum Gasteiger partial charge on any atom is -0.494 e. The van der Waals surface area contributed by atoms with E-state index in [0.29, 0.717) is 12.4 Å². The van der Waals surface area contributed by atoms with Crippen molar-refractivity contribution in [3.8, 4) is 5.75 Å². The highest BCUT2D eigenvalue weighted by atomic mass is 35.5. The second-order valence-electron chi connectivity index (χ2n) is 5.21. The number of hydrogen-bond acceptors (Lipinski definition) is 5. The van der Waals surface area contributed by atoms with Gasteiger partial charge in [-0.1, -0.05) is 23.7 Å². The third-order valence-electron chi connectivity index (χ3n) is 3.45. The van der Waals surface area contributed by atoms with Crippen molar-refractivity contribution < 1.29 is 18.1 Å². The molecule has 2 aromatic rings. The van der Waals surface area contributed by atoms with E-state index in [1.54, 1.807) is 24.3 Å². The number of sulfonamides is 1. The zero-order chi connectivity index (χ0) is 18.6. The van der Waals surface area contributed by atoms with Crippen molar-refractivity contribution in [2.45, 2.75) is 18.4 Å². The van der Waals surface area contributed by atoms with Gasteiger partial charge in [0.25, 0.3) is 5.69 Å². The standard InChI is InChI=1S/C16H17ClN2O5S/c1-3-24-14-7-4-12(5-8-14)11-18(2)25(22,23)16-9-6-13(17)10-15(16)19(20)21/h4-10H,3,11H2,1-2H3. The Morgan fingerprint density at radius 1 is 1.20 bits per heavy atom. The molecule has 0 saturated heterocycles. The molecule has 2 rings (SSSR count). The molecule has 0 spiro atoms. The first-order chi connectivity index (χ1) is 11.8. The summed E-state index contributed by atoms with van der Waals surface area (Å²) in [6.07, 6.45) is 0. The Kier molecular flexibility index (Phi) is 5.99. The van der Waals surface area contributed by atoms with Crippen LogP contribution in [0.25, 0.3) is 0 Å². The summed E-state index contributed by atoms with van der Waals surface area (Å²) in [5.74, 6) is 0.685. The van der Waals surface area contributed by atoms with Crippen LogP contribution in [0.2, 0.25) is 5.02 Å². The summed E-state index contributed by atoms with van der Waals surface area (Å²) in [6, 6.07) is 10.4. The van der Waals surface area contributed by atoms with E-state index in [4.69, 9.17) is 16.3 Å². The summed E-state index contributed by atoms with van der Waals surface area (Å²) in [4.78, 5) is 10.00. The van der Waals surface area contributed by atoms with Crippen molar-refractivity contribution in [2.75, 3.05) is 13.7 Å². The van der Waals surface area contributed by atoms with Crippen LogP contribution in [0, 0.1) is 10.1 Å². The van der Waals surface area contributed by atoms with Gasteiger partial charge >= 0.3 is 0 Å². The van der Waals surface area contributed by atoms with Gasteiger partial charge < -0.3 is 4.74 Å². The lowest BCUT2D eigenvalue weighted by Gasteiger charge is -2.17. The predicted molar refractivity (Wildman–Crippen MR) is 94.4 cm³/mol.